The molecule has 1 aliphatic heterocycles. The minimum absolute atomic E-state index is 0.0978. The number of nitrogens with one attached hydrogen (secondary N) is 1. The lowest BCUT2D eigenvalue weighted by Crippen LogP contribution is -2.45. The van der Waals surface area contributed by atoms with Gasteiger partial charge in [-0.3, -0.25) is 0 Å². The molecule has 3 aliphatic rings. The molecule has 2 aromatic rings. The van der Waals surface area contributed by atoms with Crippen molar-refractivity contribution < 1.29 is 4.39 Å². The van der Waals surface area contributed by atoms with Crippen LogP contribution in [0.2, 0.25) is 13.1 Å². The van der Waals surface area contributed by atoms with E-state index < -0.39 is 8.07 Å². The van der Waals surface area contributed by atoms with Gasteiger partial charge in [0.15, 0.2) is 0 Å². The van der Waals surface area contributed by atoms with E-state index in [1.165, 1.54) is 33.0 Å². The Labute approximate surface area is 192 Å². The Bertz CT molecular complexity index is 1150. The standard InChI is InChI=1S/C29H32FNSi/c1-19-16-20(2)18-21(17-19)29-26-11-10-25-23(24(26)14-15-31-29)12-13-27(28(25)30)32(3,4)22-8-6-5-7-9-22/h5-9,12-18,25-26,29,31H,10-11H2,1-4H3. The van der Waals surface area contributed by atoms with Crippen molar-refractivity contribution in [1.29, 1.82) is 0 Å². The molecular weight excluding hydrogens is 409 g/mol. The third kappa shape index (κ3) is 3.53. The molecule has 32 heavy (non-hydrogen) atoms. The molecule has 0 radical (unpaired) electrons. The Morgan fingerprint density at radius 2 is 1.59 bits per heavy atom. The summed E-state index contributed by atoms with van der Waals surface area (Å²) in [6, 6.07) is 17.6. The number of hydrogen-bond donors (Lipinski definition) is 1. The highest BCUT2D eigenvalue weighted by molar-refractivity contribution is 6.96. The van der Waals surface area contributed by atoms with Crippen molar-refractivity contribution in [3.8, 4) is 0 Å². The Kier molecular flexibility index (Phi) is 5.33. The Morgan fingerprint density at radius 3 is 2.31 bits per heavy atom. The molecule has 3 heteroatoms. The molecule has 1 nitrogen and oxygen atoms in total. The molecule has 0 fully saturated rings. The highest BCUT2D eigenvalue weighted by Gasteiger charge is 2.41. The smallest absolute Gasteiger partial charge is 0.115 e. The van der Waals surface area contributed by atoms with E-state index in [9.17, 15) is 0 Å². The third-order valence-electron chi connectivity index (χ3n) is 7.58. The number of aryl methyl sites for hydroxylation is 2. The molecule has 0 aromatic heterocycles. The average molecular weight is 442 g/mol. The van der Waals surface area contributed by atoms with E-state index in [1.807, 2.05) is 6.07 Å². The minimum atomic E-state index is -2.08. The van der Waals surface area contributed by atoms with Crippen molar-refractivity contribution in [2.24, 2.45) is 11.8 Å². The van der Waals surface area contributed by atoms with Crippen LogP contribution in [0.3, 0.4) is 0 Å². The fourth-order valence-corrected chi connectivity index (χ4v) is 8.56. The number of benzene rings is 2. The van der Waals surface area contributed by atoms with E-state index in [4.69, 9.17) is 0 Å². The highest BCUT2D eigenvalue weighted by atomic mass is 28.3. The van der Waals surface area contributed by atoms with Gasteiger partial charge in [0.05, 0.1) is 6.04 Å². The molecule has 0 saturated carbocycles. The highest BCUT2D eigenvalue weighted by Crippen LogP contribution is 2.49. The van der Waals surface area contributed by atoms with Gasteiger partial charge in [-0.25, -0.2) is 4.39 Å². The molecule has 164 valence electrons. The number of allylic oxidation sites excluding steroid dienone is 6. The van der Waals surface area contributed by atoms with Crippen LogP contribution in [-0.2, 0) is 0 Å². The zero-order chi connectivity index (χ0) is 22.5. The van der Waals surface area contributed by atoms with Gasteiger partial charge >= 0.3 is 0 Å². The summed E-state index contributed by atoms with van der Waals surface area (Å²) in [6.07, 6.45) is 10.5. The SMILES string of the molecule is Cc1cc(C)cc(C2NC=CC3=C4C=CC([Si](C)(C)c5ccccc5)=C(F)C4CCC32)c1. The summed E-state index contributed by atoms with van der Waals surface area (Å²) in [6.45, 7) is 8.86. The van der Waals surface area contributed by atoms with Gasteiger partial charge < -0.3 is 5.32 Å². The van der Waals surface area contributed by atoms with Crippen molar-refractivity contribution >= 4 is 13.3 Å². The fourth-order valence-electron chi connectivity index (χ4n) is 5.95. The van der Waals surface area contributed by atoms with Crippen molar-refractivity contribution in [3.63, 3.8) is 0 Å². The maximum atomic E-state index is 16.0. The molecule has 1 N–H and O–H groups in total. The summed E-state index contributed by atoms with van der Waals surface area (Å²) in [5, 5.41) is 5.86. The zero-order valence-electron chi connectivity index (χ0n) is 19.5. The first-order valence-corrected chi connectivity index (χ1v) is 14.7. The maximum Gasteiger partial charge on any atom is 0.115 e. The molecule has 2 aliphatic carbocycles. The number of halogens is 1. The van der Waals surface area contributed by atoms with Gasteiger partial charge in [-0.15, -0.1) is 0 Å². The quantitative estimate of drug-likeness (QED) is 0.521. The van der Waals surface area contributed by atoms with E-state index in [2.05, 4.69) is 99.2 Å². The van der Waals surface area contributed by atoms with Gasteiger partial charge in [0, 0.05) is 11.8 Å². The second kappa shape index (κ2) is 8.04. The number of rotatable bonds is 3. The Hall–Kier alpha value is -2.65. The summed E-state index contributed by atoms with van der Waals surface area (Å²) in [4.78, 5) is 0. The zero-order valence-corrected chi connectivity index (χ0v) is 20.5. The first-order valence-electron chi connectivity index (χ1n) is 11.7. The van der Waals surface area contributed by atoms with Crippen molar-refractivity contribution in [1.82, 2.24) is 5.32 Å². The van der Waals surface area contributed by atoms with Crippen molar-refractivity contribution in [2.45, 2.75) is 45.8 Å². The van der Waals surface area contributed by atoms with Crippen LogP contribution < -0.4 is 10.5 Å². The van der Waals surface area contributed by atoms with Crippen LogP contribution in [0.5, 0.6) is 0 Å². The molecular formula is C29H32FNSi. The predicted octanol–water partition coefficient (Wildman–Crippen LogP) is 6.73. The summed E-state index contributed by atoms with van der Waals surface area (Å²) in [5.41, 5.74) is 6.43. The lowest BCUT2D eigenvalue weighted by molar-refractivity contribution is 0.342. The lowest BCUT2D eigenvalue weighted by atomic mass is 9.70. The van der Waals surface area contributed by atoms with Crippen LogP contribution in [-0.4, -0.2) is 8.07 Å². The van der Waals surface area contributed by atoms with Crippen LogP contribution in [0.25, 0.3) is 0 Å². The normalized spacial score (nSPS) is 24.8. The summed E-state index contributed by atoms with van der Waals surface area (Å²) in [7, 11) is -2.08. The second-order valence-electron chi connectivity index (χ2n) is 10.1. The van der Waals surface area contributed by atoms with Crippen LogP contribution in [0.15, 0.2) is 95.1 Å². The van der Waals surface area contributed by atoms with Crippen molar-refractivity contribution in [3.05, 3.63) is 112 Å². The van der Waals surface area contributed by atoms with Gasteiger partial charge in [-0.05, 0) is 60.9 Å². The topological polar surface area (TPSA) is 12.0 Å². The van der Waals surface area contributed by atoms with E-state index in [0.717, 1.165) is 18.0 Å². The lowest BCUT2D eigenvalue weighted by Gasteiger charge is -2.41. The van der Waals surface area contributed by atoms with Gasteiger partial charge in [0.25, 0.3) is 0 Å². The molecule has 3 unspecified atom stereocenters. The van der Waals surface area contributed by atoms with Gasteiger partial charge in [-0.1, -0.05) is 90.1 Å². The van der Waals surface area contributed by atoms with Crippen LogP contribution in [0.4, 0.5) is 4.39 Å². The maximum absolute atomic E-state index is 16.0. The fraction of sp³-hybridized carbons (Fsp3) is 0.310. The third-order valence-corrected chi connectivity index (χ3v) is 11.1. The molecule has 0 bridgehead atoms. The first kappa shape index (κ1) is 21.2. The Morgan fingerprint density at radius 1 is 0.875 bits per heavy atom. The summed E-state index contributed by atoms with van der Waals surface area (Å²) < 4.78 is 16.0. The monoisotopic (exact) mass is 441 g/mol. The summed E-state index contributed by atoms with van der Waals surface area (Å²) in [5.74, 6) is 0.397. The summed E-state index contributed by atoms with van der Waals surface area (Å²) >= 11 is 0. The Balaban J connectivity index is 1.52. The molecule has 0 amide bonds. The van der Waals surface area contributed by atoms with Crippen LogP contribution in [0, 0.1) is 25.7 Å². The number of fused-ring (bicyclic) bond motifs is 2. The molecule has 5 rings (SSSR count). The van der Waals surface area contributed by atoms with E-state index in [0.29, 0.717) is 5.92 Å². The van der Waals surface area contributed by atoms with Gasteiger partial charge in [0.2, 0.25) is 0 Å². The molecule has 3 atom stereocenters. The largest absolute Gasteiger partial charge is 0.383 e. The minimum Gasteiger partial charge on any atom is -0.383 e. The molecule has 0 saturated heterocycles. The second-order valence-corrected chi connectivity index (χ2v) is 14.5. The van der Waals surface area contributed by atoms with Gasteiger partial charge in [-0.2, -0.15) is 0 Å². The van der Waals surface area contributed by atoms with Gasteiger partial charge in [0.1, 0.15) is 13.9 Å². The van der Waals surface area contributed by atoms with E-state index in [1.54, 1.807) is 0 Å². The van der Waals surface area contributed by atoms with Crippen LogP contribution in [0.1, 0.15) is 35.6 Å². The first-order chi connectivity index (χ1) is 15.4. The van der Waals surface area contributed by atoms with Crippen LogP contribution >= 0.6 is 0 Å². The van der Waals surface area contributed by atoms with Crippen molar-refractivity contribution in [2.75, 3.05) is 0 Å². The predicted molar refractivity (Wildman–Crippen MR) is 135 cm³/mol. The number of hydrogen-bond acceptors (Lipinski definition) is 1. The molecule has 1 heterocycles. The molecule has 0 spiro atoms. The van der Waals surface area contributed by atoms with E-state index in [-0.39, 0.29) is 17.8 Å². The average Bonchev–Trinajstić information content (AvgIpc) is 2.78. The molecule has 2 aromatic carbocycles. The van der Waals surface area contributed by atoms with E-state index >= 15 is 4.39 Å².